The lowest BCUT2D eigenvalue weighted by Crippen LogP contribution is -2.20. The van der Waals surface area contributed by atoms with Crippen LogP contribution < -0.4 is 5.32 Å². The van der Waals surface area contributed by atoms with Gasteiger partial charge in [0.2, 0.25) is 5.82 Å². The third-order valence-corrected chi connectivity index (χ3v) is 4.58. The normalized spacial score (nSPS) is 10.9. The van der Waals surface area contributed by atoms with E-state index in [9.17, 15) is 28.5 Å². The molecule has 0 aliphatic rings. The minimum Gasteiger partial charge on any atom is -0.452 e. The minimum atomic E-state index is -1.04. The van der Waals surface area contributed by atoms with Crippen molar-refractivity contribution in [3.63, 3.8) is 0 Å². The number of aryl methyl sites for hydroxylation is 1. The molecule has 0 fully saturated rings. The van der Waals surface area contributed by atoms with E-state index in [2.05, 4.69) is 10.4 Å². The number of hydrogen-bond acceptors (Lipinski definition) is 6. The number of rotatable bonds is 7. The van der Waals surface area contributed by atoms with Crippen LogP contribution in [0.3, 0.4) is 0 Å². The number of benzene rings is 2. The van der Waals surface area contributed by atoms with Crippen LogP contribution in [0.4, 0.5) is 20.2 Å². The lowest BCUT2D eigenvalue weighted by molar-refractivity contribution is -0.387. The Morgan fingerprint density at radius 1 is 1.18 bits per heavy atom. The molecule has 3 rings (SSSR count). The van der Waals surface area contributed by atoms with Gasteiger partial charge >= 0.3 is 11.7 Å². The molecule has 0 aliphatic heterocycles. The SMILES string of the molecule is Cc1nn(-c2ccc(F)cc2)c(C)c1/C=C/C(=O)OCC(=O)Nc1ccc(F)c([N+](=O)[O-])c1. The van der Waals surface area contributed by atoms with Crippen LogP contribution >= 0.6 is 0 Å². The molecule has 0 atom stereocenters. The molecule has 1 amide bonds. The predicted octanol–water partition coefficient (Wildman–Crippen LogP) is 3.87. The molecule has 0 radical (unpaired) electrons. The Bertz CT molecular complexity index is 1250. The zero-order valence-electron chi connectivity index (χ0n) is 17.5. The summed E-state index contributed by atoms with van der Waals surface area (Å²) < 4.78 is 33.0. The highest BCUT2D eigenvalue weighted by Crippen LogP contribution is 2.22. The molecule has 33 heavy (non-hydrogen) atoms. The predicted molar refractivity (Wildman–Crippen MR) is 115 cm³/mol. The van der Waals surface area contributed by atoms with Crippen molar-refractivity contribution in [1.82, 2.24) is 9.78 Å². The molecule has 1 aromatic heterocycles. The maximum atomic E-state index is 13.4. The van der Waals surface area contributed by atoms with Gasteiger partial charge in [-0.25, -0.2) is 13.9 Å². The number of carbonyl (C=O) groups excluding carboxylic acids is 2. The van der Waals surface area contributed by atoms with Crippen LogP contribution in [-0.4, -0.2) is 33.2 Å². The van der Waals surface area contributed by atoms with Gasteiger partial charge in [0, 0.05) is 29.1 Å². The number of nitro groups is 1. The lowest BCUT2D eigenvalue weighted by Gasteiger charge is -2.06. The van der Waals surface area contributed by atoms with Crippen LogP contribution in [-0.2, 0) is 14.3 Å². The Morgan fingerprint density at radius 3 is 2.55 bits per heavy atom. The van der Waals surface area contributed by atoms with Crippen molar-refractivity contribution in [3.05, 3.63) is 87.2 Å². The highest BCUT2D eigenvalue weighted by Gasteiger charge is 2.16. The minimum absolute atomic E-state index is 0.0147. The van der Waals surface area contributed by atoms with E-state index in [0.717, 1.165) is 24.3 Å². The number of carbonyl (C=O) groups is 2. The van der Waals surface area contributed by atoms with Crippen molar-refractivity contribution in [2.45, 2.75) is 13.8 Å². The number of aromatic nitrogens is 2. The zero-order chi connectivity index (χ0) is 24.1. The van der Waals surface area contributed by atoms with Gasteiger partial charge in [-0.2, -0.15) is 9.49 Å². The van der Waals surface area contributed by atoms with Gasteiger partial charge < -0.3 is 10.1 Å². The maximum absolute atomic E-state index is 13.4. The molecule has 0 bridgehead atoms. The second-order valence-corrected chi connectivity index (χ2v) is 6.89. The topological polar surface area (TPSA) is 116 Å². The molecule has 170 valence electrons. The third kappa shape index (κ3) is 5.64. The zero-order valence-corrected chi connectivity index (χ0v) is 17.5. The first-order valence-corrected chi connectivity index (χ1v) is 9.56. The average Bonchev–Trinajstić information content (AvgIpc) is 3.05. The molecule has 0 spiro atoms. The Hall–Kier alpha value is -4.41. The van der Waals surface area contributed by atoms with Crippen molar-refractivity contribution >= 4 is 29.3 Å². The lowest BCUT2D eigenvalue weighted by atomic mass is 10.2. The van der Waals surface area contributed by atoms with Gasteiger partial charge in [0.05, 0.1) is 16.3 Å². The van der Waals surface area contributed by atoms with Crippen molar-refractivity contribution in [2.75, 3.05) is 11.9 Å². The van der Waals surface area contributed by atoms with E-state index in [0.29, 0.717) is 22.6 Å². The van der Waals surface area contributed by atoms with E-state index in [1.807, 2.05) is 0 Å². The largest absolute Gasteiger partial charge is 0.452 e. The second kappa shape index (κ2) is 9.81. The summed E-state index contributed by atoms with van der Waals surface area (Å²) in [7, 11) is 0. The fraction of sp³-hybridized carbons (Fsp3) is 0.136. The number of ether oxygens (including phenoxy) is 1. The van der Waals surface area contributed by atoms with Crippen LogP contribution in [0.15, 0.2) is 48.5 Å². The maximum Gasteiger partial charge on any atom is 0.331 e. The van der Waals surface area contributed by atoms with Crippen LogP contribution in [0.1, 0.15) is 17.0 Å². The van der Waals surface area contributed by atoms with E-state index in [4.69, 9.17) is 4.74 Å². The third-order valence-electron chi connectivity index (χ3n) is 4.58. The molecule has 9 nitrogen and oxygen atoms in total. The molecule has 0 aliphatic carbocycles. The van der Waals surface area contributed by atoms with Crippen molar-refractivity contribution in [3.8, 4) is 5.69 Å². The molecular formula is C22H18F2N4O5. The fourth-order valence-electron chi connectivity index (χ4n) is 2.99. The first-order chi connectivity index (χ1) is 15.7. The molecule has 3 aromatic rings. The van der Waals surface area contributed by atoms with Crippen molar-refractivity contribution in [1.29, 1.82) is 0 Å². The van der Waals surface area contributed by atoms with Gasteiger partial charge in [0.1, 0.15) is 5.82 Å². The van der Waals surface area contributed by atoms with Crippen LogP contribution in [0, 0.1) is 35.6 Å². The molecule has 1 heterocycles. The summed E-state index contributed by atoms with van der Waals surface area (Å²) in [6, 6.07) is 8.63. The number of esters is 1. The van der Waals surface area contributed by atoms with Gasteiger partial charge in [-0.05, 0) is 56.3 Å². The monoisotopic (exact) mass is 456 g/mol. The second-order valence-electron chi connectivity index (χ2n) is 6.89. The number of anilines is 1. The molecule has 0 saturated carbocycles. The molecule has 11 heteroatoms. The van der Waals surface area contributed by atoms with Crippen LogP contribution in [0.5, 0.6) is 0 Å². The smallest absolute Gasteiger partial charge is 0.331 e. The quantitative estimate of drug-likeness (QED) is 0.250. The van der Waals surface area contributed by atoms with E-state index >= 15 is 0 Å². The number of halogens is 2. The summed E-state index contributed by atoms with van der Waals surface area (Å²) in [5.41, 5.74) is 1.82. The van der Waals surface area contributed by atoms with E-state index in [-0.39, 0.29) is 11.5 Å². The van der Waals surface area contributed by atoms with Crippen molar-refractivity contribution in [2.24, 2.45) is 0 Å². The van der Waals surface area contributed by atoms with Crippen LogP contribution in [0.2, 0.25) is 0 Å². The Balaban J connectivity index is 1.60. The van der Waals surface area contributed by atoms with Gasteiger partial charge in [-0.15, -0.1) is 0 Å². The Morgan fingerprint density at radius 2 is 1.88 bits per heavy atom. The molecular weight excluding hydrogens is 438 g/mol. The number of nitro benzene ring substituents is 1. The van der Waals surface area contributed by atoms with Crippen molar-refractivity contribution < 1.29 is 28.0 Å². The summed E-state index contributed by atoms with van der Waals surface area (Å²) in [5, 5.41) is 17.4. The standard InChI is InChI=1S/C22H18F2N4O5/c1-13-18(14(2)27(26-13)17-6-3-15(23)4-7-17)8-10-22(30)33-12-21(29)25-16-5-9-19(24)20(11-16)28(31)32/h3-11H,12H2,1-2H3,(H,25,29)/b10-8+. The molecule has 0 saturated heterocycles. The summed E-state index contributed by atoms with van der Waals surface area (Å²) in [5.74, 6) is -2.97. The average molecular weight is 456 g/mol. The first-order valence-electron chi connectivity index (χ1n) is 9.56. The van der Waals surface area contributed by atoms with E-state index in [1.165, 1.54) is 18.2 Å². The molecule has 2 aromatic carbocycles. The summed E-state index contributed by atoms with van der Waals surface area (Å²) in [4.78, 5) is 33.8. The summed E-state index contributed by atoms with van der Waals surface area (Å²) in [6.45, 7) is 2.87. The fourth-order valence-corrected chi connectivity index (χ4v) is 2.99. The summed E-state index contributed by atoms with van der Waals surface area (Å²) in [6.07, 6.45) is 2.61. The van der Waals surface area contributed by atoms with E-state index in [1.54, 1.807) is 30.7 Å². The molecule has 0 unspecified atom stereocenters. The van der Waals surface area contributed by atoms with Gasteiger partial charge in [0.15, 0.2) is 6.61 Å². The Kier molecular flexibility index (Phi) is 6.91. The van der Waals surface area contributed by atoms with Gasteiger partial charge in [-0.3, -0.25) is 14.9 Å². The van der Waals surface area contributed by atoms with Gasteiger partial charge in [-0.1, -0.05) is 0 Å². The highest BCUT2D eigenvalue weighted by molar-refractivity contribution is 5.95. The molecule has 1 N–H and O–H groups in total. The summed E-state index contributed by atoms with van der Waals surface area (Å²) >= 11 is 0. The number of amides is 1. The number of nitrogens with one attached hydrogen (secondary N) is 1. The first kappa shape index (κ1) is 23.3. The van der Waals surface area contributed by atoms with Crippen LogP contribution in [0.25, 0.3) is 11.8 Å². The van der Waals surface area contributed by atoms with E-state index < -0.39 is 34.9 Å². The number of hydrogen-bond donors (Lipinski definition) is 1. The van der Waals surface area contributed by atoms with Gasteiger partial charge in [0.25, 0.3) is 5.91 Å². The number of nitrogens with zero attached hydrogens (tertiary/aromatic N) is 3. The Labute approximate surface area is 186 Å². The highest BCUT2D eigenvalue weighted by atomic mass is 19.1.